The molecule has 0 radical (unpaired) electrons. The van der Waals surface area contributed by atoms with Crippen molar-refractivity contribution in [2.24, 2.45) is 0 Å². The number of nitrogens with zero attached hydrogens (tertiary/aromatic N) is 1. The summed E-state index contributed by atoms with van der Waals surface area (Å²) in [5.74, 6) is -2.51. The first-order valence-electron chi connectivity index (χ1n) is 9.12. The van der Waals surface area contributed by atoms with Gasteiger partial charge in [-0.25, -0.2) is 13.8 Å². The van der Waals surface area contributed by atoms with Gasteiger partial charge in [-0.15, -0.1) is 0 Å². The Labute approximate surface area is 172 Å². The highest BCUT2D eigenvalue weighted by Crippen LogP contribution is 2.27. The first kappa shape index (κ1) is 20.9. The maximum Gasteiger partial charge on any atom is 0.255 e. The maximum absolute atomic E-state index is 13.9. The number of aromatic nitrogens is 1. The Morgan fingerprint density at radius 3 is 2.20 bits per heavy atom. The van der Waals surface area contributed by atoms with Crippen LogP contribution < -0.4 is 16.0 Å². The number of anilines is 3. The van der Waals surface area contributed by atoms with E-state index in [1.807, 2.05) is 31.2 Å². The minimum atomic E-state index is -0.823. The lowest BCUT2D eigenvalue weighted by molar-refractivity contribution is 0.0961. The Morgan fingerprint density at radius 2 is 1.57 bits per heavy atom. The van der Waals surface area contributed by atoms with Gasteiger partial charge in [0.25, 0.3) is 11.8 Å². The molecule has 1 aromatic heterocycles. The van der Waals surface area contributed by atoms with E-state index in [1.54, 1.807) is 0 Å². The number of amides is 2. The van der Waals surface area contributed by atoms with E-state index >= 15 is 0 Å². The SMILES string of the molecule is CNC(=O)c1cnc(Nc2ccccc2C)c(NC(=O)c2cc(F)c(C)c(F)c2)c1. The van der Waals surface area contributed by atoms with Crippen LogP contribution in [0.3, 0.4) is 0 Å². The highest BCUT2D eigenvalue weighted by atomic mass is 19.1. The van der Waals surface area contributed by atoms with Gasteiger partial charge in [0, 0.05) is 30.1 Å². The summed E-state index contributed by atoms with van der Waals surface area (Å²) in [4.78, 5) is 28.9. The summed E-state index contributed by atoms with van der Waals surface area (Å²) in [5, 5.41) is 8.17. The molecule has 1 heterocycles. The average molecular weight is 410 g/mol. The molecule has 2 aromatic carbocycles. The van der Waals surface area contributed by atoms with Crippen molar-refractivity contribution >= 4 is 29.0 Å². The molecule has 3 rings (SSSR count). The first-order chi connectivity index (χ1) is 14.3. The Morgan fingerprint density at radius 1 is 0.900 bits per heavy atom. The van der Waals surface area contributed by atoms with Crippen LogP contribution >= 0.6 is 0 Å². The van der Waals surface area contributed by atoms with Gasteiger partial charge in [0.1, 0.15) is 11.6 Å². The van der Waals surface area contributed by atoms with Crippen LogP contribution in [0.25, 0.3) is 0 Å². The quantitative estimate of drug-likeness (QED) is 0.585. The van der Waals surface area contributed by atoms with E-state index in [2.05, 4.69) is 20.9 Å². The number of carbonyl (C=O) groups is 2. The van der Waals surface area contributed by atoms with E-state index in [-0.39, 0.29) is 28.2 Å². The summed E-state index contributed by atoms with van der Waals surface area (Å²) in [5.41, 5.74) is 1.73. The summed E-state index contributed by atoms with van der Waals surface area (Å²) in [6.45, 7) is 3.19. The van der Waals surface area contributed by atoms with Crippen molar-refractivity contribution in [1.29, 1.82) is 0 Å². The normalized spacial score (nSPS) is 10.4. The van der Waals surface area contributed by atoms with Crippen LogP contribution in [0.2, 0.25) is 0 Å². The van der Waals surface area contributed by atoms with Gasteiger partial charge in [-0.3, -0.25) is 9.59 Å². The van der Waals surface area contributed by atoms with Crippen molar-refractivity contribution in [3.63, 3.8) is 0 Å². The molecular formula is C22H20F2N4O2. The molecule has 0 aliphatic carbocycles. The molecule has 0 atom stereocenters. The second kappa shape index (κ2) is 8.69. The molecule has 3 aromatic rings. The minimum Gasteiger partial charge on any atom is -0.355 e. The van der Waals surface area contributed by atoms with E-state index in [9.17, 15) is 18.4 Å². The smallest absolute Gasteiger partial charge is 0.255 e. The van der Waals surface area contributed by atoms with Crippen molar-refractivity contribution in [1.82, 2.24) is 10.3 Å². The lowest BCUT2D eigenvalue weighted by atomic mass is 10.1. The Bertz CT molecular complexity index is 1110. The lowest BCUT2D eigenvalue weighted by Gasteiger charge is -2.15. The maximum atomic E-state index is 13.9. The molecule has 0 fully saturated rings. The van der Waals surface area contributed by atoms with Crippen LogP contribution in [0.1, 0.15) is 31.8 Å². The van der Waals surface area contributed by atoms with Gasteiger partial charge in [0.05, 0.1) is 11.3 Å². The number of rotatable bonds is 5. The number of pyridine rings is 1. The van der Waals surface area contributed by atoms with Crippen LogP contribution in [-0.4, -0.2) is 23.8 Å². The topological polar surface area (TPSA) is 83.1 Å². The first-order valence-corrected chi connectivity index (χ1v) is 9.12. The molecule has 0 spiro atoms. The minimum absolute atomic E-state index is 0.170. The number of aryl methyl sites for hydroxylation is 1. The van der Waals surface area contributed by atoms with Crippen LogP contribution in [-0.2, 0) is 0 Å². The predicted octanol–water partition coefficient (Wildman–Crippen LogP) is 4.33. The second-order valence-electron chi connectivity index (χ2n) is 6.66. The highest BCUT2D eigenvalue weighted by molar-refractivity contribution is 6.07. The van der Waals surface area contributed by atoms with Gasteiger partial charge in [0.2, 0.25) is 0 Å². The van der Waals surface area contributed by atoms with Crippen LogP contribution in [0.15, 0.2) is 48.7 Å². The van der Waals surface area contributed by atoms with E-state index in [1.165, 1.54) is 26.2 Å². The number of hydrogen-bond acceptors (Lipinski definition) is 4. The number of hydrogen-bond donors (Lipinski definition) is 3. The molecule has 0 saturated heterocycles. The van der Waals surface area contributed by atoms with Gasteiger partial charge in [-0.1, -0.05) is 18.2 Å². The third-order valence-corrected chi connectivity index (χ3v) is 4.57. The molecule has 2 amide bonds. The molecule has 154 valence electrons. The van der Waals surface area contributed by atoms with E-state index in [0.29, 0.717) is 0 Å². The third kappa shape index (κ3) is 4.43. The molecule has 0 aliphatic rings. The summed E-state index contributed by atoms with van der Waals surface area (Å²) >= 11 is 0. The van der Waals surface area contributed by atoms with Crippen LogP contribution in [0.5, 0.6) is 0 Å². The Balaban J connectivity index is 1.99. The zero-order chi connectivity index (χ0) is 21.8. The second-order valence-corrected chi connectivity index (χ2v) is 6.66. The number of carbonyl (C=O) groups excluding carboxylic acids is 2. The number of para-hydroxylation sites is 1. The fourth-order valence-electron chi connectivity index (χ4n) is 2.74. The molecule has 0 aliphatic heterocycles. The molecule has 0 saturated carbocycles. The summed E-state index contributed by atoms with van der Waals surface area (Å²) < 4.78 is 27.7. The zero-order valence-corrected chi connectivity index (χ0v) is 16.6. The van der Waals surface area contributed by atoms with Gasteiger partial charge in [-0.2, -0.15) is 0 Å². The summed E-state index contributed by atoms with van der Waals surface area (Å²) in [6, 6.07) is 10.8. The van der Waals surface area contributed by atoms with E-state index < -0.39 is 23.4 Å². The van der Waals surface area contributed by atoms with E-state index in [4.69, 9.17) is 0 Å². The van der Waals surface area contributed by atoms with Crippen molar-refractivity contribution in [3.8, 4) is 0 Å². The van der Waals surface area contributed by atoms with Crippen molar-refractivity contribution in [3.05, 3.63) is 82.5 Å². The third-order valence-electron chi connectivity index (χ3n) is 4.57. The number of nitrogens with one attached hydrogen (secondary N) is 3. The largest absolute Gasteiger partial charge is 0.355 e. The Hall–Kier alpha value is -3.81. The molecule has 8 heteroatoms. The van der Waals surface area contributed by atoms with Crippen LogP contribution in [0.4, 0.5) is 26.0 Å². The highest BCUT2D eigenvalue weighted by Gasteiger charge is 2.17. The van der Waals surface area contributed by atoms with Gasteiger partial charge in [0.15, 0.2) is 5.82 Å². The van der Waals surface area contributed by atoms with E-state index in [0.717, 1.165) is 23.4 Å². The number of benzene rings is 2. The molecule has 0 unspecified atom stereocenters. The van der Waals surface area contributed by atoms with Crippen LogP contribution in [0, 0.1) is 25.5 Å². The summed E-state index contributed by atoms with van der Waals surface area (Å²) in [7, 11) is 1.47. The monoisotopic (exact) mass is 410 g/mol. The average Bonchev–Trinajstić information content (AvgIpc) is 2.73. The lowest BCUT2D eigenvalue weighted by Crippen LogP contribution is -2.20. The molecular weight excluding hydrogens is 390 g/mol. The fraction of sp³-hybridized carbons (Fsp3) is 0.136. The Kier molecular flexibility index (Phi) is 6.06. The van der Waals surface area contributed by atoms with Gasteiger partial charge >= 0.3 is 0 Å². The van der Waals surface area contributed by atoms with Crippen molar-refractivity contribution < 1.29 is 18.4 Å². The van der Waals surface area contributed by atoms with Crippen molar-refractivity contribution in [2.75, 3.05) is 17.7 Å². The van der Waals surface area contributed by atoms with Gasteiger partial charge in [-0.05, 0) is 43.7 Å². The molecule has 6 nitrogen and oxygen atoms in total. The zero-order valence-electron chi connectivity index (χ0n) is 16.6. The van der Waals surface area contributed by atoms with Crippen molar-refractivity contribution in [2.45, 2.75) is 13.8 Å². The van der Waals surface area contributed by atoms with Gasteiger partial charge < -0.3 is 16.0 Å². The molecule has 3 N–H and O–H groups in total. The fourth-order valence-corrected chi connectivity index (χ4v) is 2.74. The standard InChI is InChI=1S/C22H20F2N4O2/c1-12-6-4-5-7-18(12)27-20-19(10-15(11-26-20)21(29)25-3)28-22(30)14-8-16(23)13(2)17(24)9-14/h4-11H,1-3H3,(H,25,29)(H,26,27)(H,28,30). The molecule has 0 bridgehead atoms. The number of halogens is 2. The molecule has 30 heavy (non-hydrogen) atoms. The summed E-state index contributed by atoms with van der Waals surface area (Å²) in [6.07, 6.45) is 1.36. The predicted molar refractivity (Wildman–Crippen MR) is 111 cm³/mol.